The van der Waals surface area contributed by atoms with Crippen LogP contribution in [0, 0.1) is 0 Å². The van der Waals surface area contributed by atoms with Gasteiger partial charge in [-0.15, -0.1) is 0 Å². The number of ether oxygens (including phenoxy) is 1. The highest BCUT2D eigenvalue weighted by Gasteiger charge is 2.50. The standard InChI is InChI=1S/C24H20N2O4/c1-24(19-8-4-6-15-5-2-3-7-18(15)19)22(28)26(23(29)25-24)14-20(27)16-9-10-21-17(13-16)11-12-30-21/h2-10,13H,11-12,14H2,1H3,(H,25,29). The Balaban J connectivity index is 1.45. The maximum absolute atomic E-state index is 13.3. The fourth-order valence-electron chi connectivity index (χ4n) is 4.28. The lowest BCUT2D eigenvalue weighted by molar-refractivity contribution is -0.130. The van der Waals surface area contributed by atoms with E-state index in [4.69, 9.17) is 4.74 Å². The summed E-state index contributed by atoms with van der Waals surface area (Å²) in [6.45, 7) is 1.99. The molecule has 1 atom stereocenters. The molecule has 0 saturated carbocycles. The molecule has 0 spiro atoms. The number of amides is 3. The Morgan fingerprint density at radius 3 is 2.77 bits per heavy atom. The van der Waals surface area contributed by atoms with Crippen molar-refractivity contribution in [2.45, 2.75) is 18.9 Å². The van der Waals surface area contributed by atoms with Gasteiger partial charge >= 0.3 is 6.03 Å². The van der Waals surface area contributed by atoms with Gasteiger partial charge in [0, 0.05) is 12.0 Å². The van der Waals surface area contributed by atoms with E-state index in [9.17, 15) is 14.4 Å². The summed E-state index contributed by atoms with van der Waals surface area (Å²) < 4.78 is 5.47. The number of imide groups is 1. The van der Waals surface area contributed by atoms with Gasteiger partial charge in [-0.3, -0.25) is 14.5 Å². The molecule has 0 aromatic heterocycles. The van der Waals surface area contributed by atoms with Crippen LogP contribution in [0.2, 0.25) is 0 Å². The first-order valence-corrected chi connectivity index (χ1v) is 9.89. The monoisotopic (exact) mass is 400 g/mol. The van der Waals surface area contributed by atoms with Crippen LogP contribution < -0.4 is 10.1 Å². The van der Waals surface area contributed by atoms with Crippen molar-refractivity contribution in [1.29, 1.82) is 0 Å². The Bertz CT molecular complexity index is 1210. The second kappa shape index (κ2) is 6.69. The maximum atomic E-state index is 13.3. The van der Waals surface area contributed by atoms with E-state index in [1.54, 1.807) is 25.1 Å². The Hall–Kier alpha value is -3.67. The number of carbonyl (C=O) groups excluding carboxylic acids is 3. The van der Waals surface area contributed by atoms with Crippen LogP contribution in [0.25, 0.3) is 10.8 Å². The lowest BCUT2D eigenvalue weighted by Gasteiger charge is -2.24. The van der Waals surface area contributed by atoms with E-state index >= 15 is 0 Å². The second-order valence-corrected chi connectivity index (χ2v) is 7.82. The number of urea groups is 1. The van der Waals surface area contributed by atoms with Crippen molar-refractivity contribution in [1.82, 2.24) is 10.2 Å². The van der Waals surface area contributed by atoms with Crippen molar-refractivity contribution in [3.8, 4) is 5.75 Å². The first kappa shape index (κ1) is 18.4. The predicted molar refractivity (Wildman–Crippen MR) is 112 cm³/mol. The van der Waals surface area contributed by atoms with Crippen molar-refractivity contribution in [3.05, 3.63) is 77.4 Å². The molecule has 0 aliphatic carbocycles. The lowest BCUT2D eigenvalue weighted by atomic mass is 9.87. The first-order chi connectivity index (χ1) is 14.5. The molecule has 6 heteroatoms. The van der Waals surface area contributed by atoms with Crippen molar-refractivity contribution < 1.29 is 19.1 Å². The van der Waals surface area contributed by atoms with Crippen molar-refractivity contribution in [2.75, 3.05) is 13.2 Å². The largest absolute Gasteiger partial charge is 0.493 e. The first-order valence-electron chi connectivity index (χ1n) is 9.89. The van der Waals surface area contributed by atoms with Crippen LogP contribution in [0.4, 0.5) is 4.79 Å². The molecule has 2 aliphatic rings. The molecule has 6 nitrogen and oxygen atoms in total. The third-order valence-electron chi connectivity index (χ3n) is 5.92. The summed E-state index contributed by atoms with van der Waals surface area (Å²) in [5.74, 6) is 0.0714. The Kier molecular flexibility index (Phi) is 4.10. The number of hydrogen-bond acceptors (Lipinski definition) is 4. The number of ketones is 1. The van der Waals surface area contributed by atoms with Crippen molar-refractivity contribution >= 4 is 28.5 Å². The molecule has 3 aromatic rings. The fraction of sp³-hybridized carbons (Fsp3) is 0.208. The van der Waals surface area contributed by atoms with Gasteiger partial charge < -0.3 is 10.1 Å². The minimum absolute atomic E-state index is 0.282. The Morgan fingerprint density at radius 2 is 1.90 bits per heavy atom. The molecular formula is C24H20N2O4. The summed E-state index contributed by atoms with van der Waals surface area (Å²) in [4.78, 5) is 39.8. The van der Waals surface area contributed by atoms with Crippen LogP contribution in [0.1, 0.15) is 28.4 Å². The van der Waals surface area contributed by atoms with Gasteiger partial charge in [-0.25, -0.2) is 4.79 Å². The van der Waals surface area contributed by atoms with Gasteiger partial charge in [-0.1, -0.05) is 42.5 Å². The summed E-state index contributed by atoms with van der Waals surface area (Å²) >= 11 is 0. The number of fused-ring (bicyclic) bond motifs is 2. The normalized spacial score (nSPS) is 20.2. The number of nitrogens with zero attached hydrogens (tertiary/aromatic N) is 1. The van der Waals surface area contributed by atoms with Gasteiger partial charge in [0.15, 0.2) is 5.78 Å². The summed E-state index contributed by atoms with van der Waals surface area (Å²) in [7, 11) is 0. The number of Topliss-reactive ketones (excluding diaryl/α,β-unsaturated/α-hetero) is 1. The lowest BCUT2D eigenvalue weighted by Crippen LogP contribution is -2.41. The summed E-state index contributed by atoms with van der Waals surface area (Å²) in [6, 6.07) is 18.0. The van der Waals surface area contributed by atoms with Crippen LogP contribution in [0.15, 0.2) is 60.7 Å². The molecule has 1 fully saturated rings. The SMILES string of the molecule is CC1(c2cccc3ccccc23)NC(=O)N(CC(=O)c2ccc3c(c2)CCO3)C1=O. The average Bonchev–Trinajstić information content (AvgIpc) is 3.31. The zero-order valence-electron chi connectivity index (χ0n) is 16.5. The number of rotatable bonds is 4. The molecule has 1 saturated heterocycles. The van der Waals surface area contributed by atoms with Crippen LogP contribution in [0.3, 0.4) is 0 Å². The molecule has 0 bridgehead atoms. The van der Waals surface area contributed by atoms with E-state index in [0.29, 0.717) is 17.7 Å². The molecule has 1 unspecified atom stereocenters. The van der Waals surface area contributed by atoms with Gasteiger partial charge in [0.1, 0.15) is 11.3 Å². The van der Waals surface area contributed by atoms with Gasteiger partial charge in [-0.05, 0) is 47.0 Å². The van der Waals surface area contributed by atoms with Gasteiger partial charge in [0.05, 0.1) is 13.2 Å². The molecular weight excluding hydrogens is 380 g/mol. The predicted octanol–water partition coefficient (Wildman–Crippen LogP) is 3.42. The third-order valence-corrected chi connectivity index (χ3v) is 5.92. The zero-order valence-corrected chi connectivity index (χ0v) is 16.5. The number of hydrogen-bond donors (Lipinski definition) is 1. The van der Waals surface area contributed by atoms with Crippen molar-refractivity contribution in [3.63, 3.8) is 0 Å². The second-order valence-electron chi connectivity index (χ2n) is 7.82. The minimum Gasteiger partial charge on any atom is -0.493 e. The third kappa shape index (κ3) is 2.76. The highest BCUT2D eigenvalue weighted by atomic mass is 16.5. The van der Waals surface area contributed by atoms with E-state index in [2.05, 4.69) is 5.32 Å². The number of nitrogens with one attached hydrogen (secondary N) is 1. The van der Waals surface area contributed by atoms with Gasteiger partial charge in [-0.2, -0.15) is 0 Å². The molecule has 5 rings (SSSR count). The molecule has 3 amide bonds. The van der Waals surface area contributed by atoms with Gasteiger partial charge in [0.2, 0.25) is 0 Å². The maximum Gasteiger partial charge on any atom is 0.325 e. The van der Waals surface area contributed by atoms with Crippen LogP contribution in [-0.4, -0.2) is 35.8 Å². The molecule has 0 radical (unpaired) electrons. The number of carbonyl (C=O) groups is 3. The highest BCUT2D eigenvalue weighted by Crippen LogP contribution is 2.34. The topological polar surface area (TPSA) is 75.7 Å². The minimum atomic E-state index is -1.23. The molecule has 150 valence electrons. The van der Waals surface area contributed by atoms with E-state index in [1.165, 1.54) is 0 Å². The Labute approximate surface area is 173 Å². The molecule has 1 N–H and O–H groups in total. The van der Waals surface area contributed by atoms with Crippen molar-refractivity contribution in [2.24, 2.45) is 0 Å². The van der Waals surface area contributed by atoms with E-state index in [1.807, 2.05) is 42.5 Å². The Morgan fingerprint density at radius 1 is 1.10 bits per heavy atom. The summed E-state index contributed by atoms with van der Waals surface area (Å²) in [6.07, 6.45) is 0.749. The van der Waals surface area contributed by atoms with Crippen LogP contribution >= 0.6 is 0 Å². The molecule has 3 aromatic carbocycles. The molecule has 2 aliphatic heterocycles. The van der Waals surface area contributed by atoms with E-state index < -0.39 is 17.5 Å². The fourth-order valence-corrected chi connectivity index (χ4v) is 4.28. The zero-order chi connectivity index (χ0) is 20.9. The highest BCUT2D eigenvalue weighted by molar-refractivity contribution is 6.12. The van der Waals surface area contributed by atoms with Gasteiger partial charge in [0.25, 0.3) is 5.91 Å². The summed E-state index contributed by atoms with van der Waals surface area (Å²) in [5, 5.41) is 4.67. The quantitative estimate of drug-likeness (QED) is 0.538. The average molecular weight is 400 g/mol. The summed E-state index contributed by atoms with van der Waals surface area (Å²) in [5.41, 5.74) is 0.921. The van der Waals surface area contributed by atoms with E-state index in [-0.39, 0.29) is 12.3 Å². The van der Waals surface area contributed by atoms with Crippen LogP contribution in [-0.2, 0) is 16.8 Å². The molecule has 2 heterocycles. The molecule has 30 heavy (non-hydrogen) atoms. The number of benzene rings is 3. The van der Waals surface area contributed by atoms with E-state index in [0.717, 1.165) is 33.4 Å². The van der Waals surface area contributed by atoms with Crippen LogP contribution in [0.5, 0.6) is 5.75 Å². The smallest absolute Gasteiger partial charge is 0.325 e.